The minimum absolute atomic E-state index is 0.404. The average Bonchev–Trinajstić information content (AvgIpc) is 3.01. The fourth-order valence-corrected chi connectivity index (χ4v) is 2.95. The van der Waals surface area contributed by atoms with Crippen LogP contribution < -0.4 is 10.9 Å². The van der Waals surface area contributed by atoms with Crippen LogP contribution in [0.15, 0.2) is 30.6 Å². The Morgan fingerprint density at radius 3 is 2.60 bits per heavy atom. The second-order valence-electron chi connectivity index (χ2n) is 5.30. The van der Waals surface area contributed by atoms with E-state index < -0.39 is 0 Å². The van der Waals surface area contributed by atoms with Crippen molar-refractivity contribution in [3.8, 4) is 5.69 Å². The van der Waals surface area contributed by atoms with E-state index in [1.54, 1.807) is 6.33 Å². The summed E-state index contributed by atoms with van der Waals surface area (Å²) in [6, 6.07) is 8.56. The van der Waals surface area contributed by atoms with Crippen molar-refractivity contribution in [3.63, 3.8) is 0 Å². The molecule has 5 nitrogen and oxygen atoms in total. The Hall–Kier alpha value is -1.43. The standard InChI is InChI=1S/C14H18ClN5/c1-9-11(10(2)18-17-9)7-14-19-16-8-20(14)13-6-4-3-5-12(13)15/h3-6,8-11,17-18H,7H2,1-2H3. The molecule has 2 heterocycles. The number of hydrogen-bond donors (Lipinski definition) is 2. The van der Waals surface area contributed by atoms with E-state index in [4.69, 9.17) is 11.6 Å². The molecule has 106 valence electrons. The monoisotopic (exact) mass is 291 g/mol. The number of para-hydroxylation sites is 1. The predicted octanol–water partition coefficient (Wildman–Crippen LogP) is 1.96. The third-order valence-corrected chi connectivity index (χ3v) is 4.29. The molecular weight excluding hydrogens is 274 g/mol. The molecule has 2 atom stereocenters. The quantitative estimate of drug-likeness (QED) is 0.908. The topological polar surface area (TPSA) is 54.8 Å². The van der Waals surface area contributed by atoms with Gasteiger partial charge >= 0.3 is 0 Å². The molecule has 20 heavy (non-hydrogen) atoms. The Morgan fingerprint density at radius 2 is 1.90 bits per heavy atom. The molecule has 1 aliphatic heterocycles. The second kappa shape index (κ2) is 5.52. The molecule has 0 aliphatic carbocycles. The molecule has 2 N–H and O–H groups in total. The summed E-state index contributed by atoms with van der Waals surface area (Å²) in [6.07, 6.45) is 2.58. The van der Waals surface area contributed by atoms with Gasteiger partial charge in [0.25, 0.3) is 0 Å². The van der Waals surface area contributed by atoms with Crippen molar-refractivity contribution in [2.75, 3.05) is 0 Å². The third kappa shape index (κ3) is 2.44. The maximum Gasteiger partial charge on any atom is 0.137 e. The number of hydrazine groups is 1. The van der Waals surface area contributed by atoms with Crippen molar-refractivity contribution in [3.05, 3.63) is 41.4 Å². The summed E-state index contributed by atoms with van der Waals surface area (Å²) < 4.78 is 1.97. The summed E-state index contributed by atoms with van der Waals surface area (Å²) >= 11 is 6.26. The third-order valence-electron chi connectivity index (χ3n) is 3.97. The predicted molar refractivity (Wildman–Crippen MR) is 78.8 cm³/mol. The fraction of sp³-hybridized carbons (Fsp3) is 0.429. The highest BCUT2D eigenvalue weighted by Gasteiger charge is 2.31. The molecule has 0 spiro atoms. The van der Waals surface area contributed by atoms with Gasteiger partial charge in [-0.15, -0.1) is 10.2 Å². The fourth-order valence-electron chi connectivity index (χ4n) is 2.72. The molecule has 6 heteroatoms. The van der Waals surface area contributed by atoms with E-state index in [1.807, 2.05) is 28.8 Å². The van der Waals surface area contributed by atoms with Gasteiger partial charge in [0.2, 0.25) is 0 Å². The van der Waals surface area contributed by atoms with Crippen LogP contribution in [0.4, 0.5) is 0 Å². The Kier molecular flexibility index (Phi) is 3.74. The average molecular weight is 292 g/mol. The lowest BCUT2D eigenvalue weighted by Crippen LogP contribution is -2.30. The van der Waals surface area contributed by atoms with Crippen LogP contribution in [-0.4, -0.2) is 26.8 Å². The van der Waals surface area contributed by atoms with Crippen LogP contribution in [0.25, 0.3) is 5.69 Å². The lowest BCUT2D eigenvalue weighted by atomic mass is 9.93. The molecule has 1 aromatic carbocycles. The first-order valence-corrected chi connectivity index (χ1v) is 7.19. The van der Waals surface area contributed by atoms with Crippen molar-refractivity contribution < 1.29 is 0 Å². The van der Waals surface area contributed by atoms with Gasteiger partial charge in [0.1, 0.15) is 12.2 Å². The molecule has 0 bridgehead atoms. The van der Waals surface area contributed by atoms with Gasteiger partial charge in [-0.25, -0.2) is 0 Å². The molecule has 1 fully saturated rings. The number of aromatic nitrogens is 3. The number of benzene rings is 1. The Bertz CT molecular complexity index is 587. The highest BCUT2D eigenvalue weighted by atomic mass is 35.5. The van der Waals surface area contributed by atoms with E-state index in [-0.39, 0.29) is 0 Å². The zero-order valence-corrected chi connectivity index (χ0v) is 12.3. The van der Waals surface area contributed by atoms with Gasteiger partial charge in [0.05, 0.1) is 10.7 Å². The number of halogens is 1. The molecular formula is C14H18ClN5. The molecule has 1 aromatic heterocycles. The number of nitrogens with one attached hydrogen (secondary N) is 2. The first-order valence-electron chi connectivity index (χ1n) is 6.81. The maximum atomic E-state index is 6.26. The van der Waals surface area contributed by atoms with Crippen LogP contribution in [0.5, 0.6) is 0 Å². The van der Waals surface area contributed by atoms with Crippen LogP contribution in [0.3, 0.4) is 0 Å². The SMILES string of the molecule is CC1NNC(C)C1Cc1nncn1-c1ccccc1Cl. The van der Waals surface area contributed by atoms with Crippen LogP contribution in [-0.2, 0) is 6.42 Å². The zero-order chi connectivity index (χ0) is 14.1. The molecule has 1 saturated heterocycles. The Labute approximate surface area is 123 Å². The van der Waals surface area contributed by atoms with Gasteiger partial charge in [-0.2, -0.15) is 0 Å². The van der Waals surface area contributed by atoms with Crippen molar-refractivity contribution in [1.29, 1.82) is 0 Å². The first-order chi connectivity index (χ1) is 9.66. The van der Waals surface area contributed by atoms with Crippen molar-refractivity contribution in [2.24, 2.45) is 5.92 Å². The number of rotatable bonds is 3. The van der Waals surface area contributed by atoms with Crippen LogP contribution in [0, 0.1) is 5.92 Å². The van der Waals surface area contributed by atoms with E-state index in [9.17, 15) is 0 Å². The molecule has 0 saturated carbocycles. The molecule has 1 aliphatic rings. The number of hydrogen-bond acceptors (Lipinski definition) is 4. The molecule has 2 unspecified atom stereocenters. The normalized spacial score (nSPS) is 26.1. The van der Waals surface area contributed by atoms with E-state index in [0.717, 1.165) is 17.9 Å². The van der Waals surface area contributed by atoms with Crippen LogP contribution >= 0.6 is 11.6 Å². The lowest BCUT2D eigenvalue weighted by Gasteiger charge is -2.18. The van der Waals surface area contributed by atoms with Gasteiger partial charge in [0.15, 0.2) is 0 Å². The van der Waals surface area contributed by atoms with Crippen LogP contribution in [0.2, 0.25) is 5.02 Å². The van der Waals surface area contributed by atoms with Gasteiger partial charge in [0, 0.05) is 18.5 Å². The minimum Gasteiger partial charge on any atom is -0.284 e. The molecule has 3 rings (SSSR count). The van der Waals surface area contributed by atoms with E-state index >= 15 is 0 Å². The summed E-state index contributed by atoms with van der Waals surface area (Å²) in [5.74, 6) is 1.41. The van der Waals surface area contributed by atoms with Crippen LogP contribution in [0.1, 0.15) is 19.7 Å². The smallest absolute Gasteiger partial charge is 0.137 e. The van der Waals surface area contributed by atoms with E-state index in [1.165, 1.54) is 0 Å². The largest absolute Gasteiger partial charge is 0.284 e. The molecule has 2 aromatic rings. The van der Waals surface area contributed by atoms with Crippen molar-refractivity contribution >= 4 is 11.6 Å². The summed E-state index contributed by atoms with van der Waals surface area (Å²) in [5, 5.41) is 9.02. The Morgan fingerprint density at radius 1 is 1.20 bits per heavy atom. The second-order valence-corrected chi connectivity index (χ2v) is 5.71. The van der Waals surface area contributed by atoms with E-state index in [2.05, 4.69) is 34.9 Å². The first kappa shape index (κ1) is 13.5. The molecule has 0 amide bonds. The van der Waals surface area contributed by atoms with Gasteiger partial charge < -0.3 is 0 Å². The van der Waals surface area contributed by atoms with Crippen molar-refractivity contribution in [1.82, 2.24) is 25.6 Å². The minimum atomic E-state index is 0.404. The van der Waals surface area contributed by atoms with Gasteiger partial charge in [-0.05, 0) is 31.9 Å². The summed E-state index contributed by atoms with van der Waals surface area (Å²) in [7, 11) is 0. The van der Waals surface area contributed by atoms with Crippen molar-refractivity contribution in [2.45, 2.75) is 32.4 Å². The summed E-state index contributed by atoms with van der Waals surface area (Å²) in [4.78, 5) is 0. The highest BCUT2D eigenvalue weighted by molar-refractivity contribution is 6.32. The number of nitrogens with zero attached hydrogens (tertiary/aromatic N) is 3. The lowest BCUT2D eigenvalue weighted by molar-refractivity contribution is 0.430. The molecule has 0 radical (unpaired) electrons. The Balaban J connectivity index is 1.89. The summed E-state index contributed by atoms with van der Waals surface area (Å²) in [6.45, 7) is 4.36. The van der Waals surface area contributed by atoms with Gasteiger partial charge in [-0.1, -0.05) is 23.7 Å². The van der Waals surface area contributed by atoms with Gasteiger partial charge in [-0.3, -0.25) is 15.4 Å². The van der Waals surface area contributed by atoms with E-state index in [0.29, 0.717) is 23.0 Å². The highest BCUT2D eigenvalue weighted by Crippen LogP contribution is 2.24. The zero-order valence-electron chi connectivity index (χ0n) is 11.5. The maximum absolute atomic E-state index is 6.26. The summed E-state index contributed by atoms with van der Waals surface area (Å²) in [5.41, 5.74) is 7.46.